The first-order valence-corrected chi connectivity index (χ1v) is 4.89. The number of ether oxygens (including phenoxy) is 1. The molecule has 0 saturated carbocycles. The van der Waals surface area contributed by atoms with E-state index in [4.69, 9.17) is 4.74 Å². The van der Waals surface area contributed by atoms with Gasteiger partial charge in [-0.25, -0.2) is 0 Å². The van der Waals surface area contributed by atoms with Gasteiger partial charge in [0.25, 0.3) is 0 Å². The minimum atomic E-state index is 0.671. The number of rotatable bonds is 6. The van der Waals surface area contributed by atoms with E-state index >= 15 is 0 Å². The summed E-state index contributed by atoms with van der Waals surface area (Å²) in [5.74, 6) is 0.736. The van der Waals surface area contributed by atoms with Crippen LogP contribution >= 0.6 is 0 Å². The third kappa shape index (κ3) is 3.25. The monoisotopic (exact) mass is 208 g/mol. The summed E-state index contributed by atoms with van der Waals surface area (Å²) in [6.07, 6.45) is 0.671. The quantitative estimate of drug-likeness (QED) is 0.694. The van der Waals surface area contributed by atoms with Crippen molar-refractivity contribution in [3.63, 3.8) is 0 Å². The average Bonchev–Trinajstić information content (AvgIpc) is 2.27. The van der Waals surface area contributed by atoms with Gasteiger partial charge in [0.2, 0.25) is 6.41 Å². The summed E-state index contributed by atoms with van der Waals surface area (Å²) in [6.45, 7) is 3.67. The number of amides is 1. The minimum Gasteiger partial charge on any atom is -0.497 e. The zero-order valence-corrected chi connectivity index (χ0v) is 9.04. The number of carbonyl (C=O) groups excluding carboxylic acids is 1. The molecular formula is C11H16N2O2. The first kappa shape index (κ1) is 11.5. The summed E-state index contributed by atoms with van der Waals surface area (Å²) in [6, 6.07) is 5.62. The van der Waals surface area contributed by atoms with Crippen molar-refractivity contribution in [3.8, 4) is 5.75 Å². The van der Waals surface area contributed by atoms with Crippen molar-refractivity contribution in [3.05, 3.63) is 23.8 Å². The van der Waals surface area contributed by atoms with Gasteiger partial charge in [-0.15, -0.1) is 0 Å². The smallest absolute Gasteiger partial charge is 0.211 e. The van der Waals surface area contributed by atoms with Crippen LogP contribution in [0.5, 0.6) is 5.75 Å². The largest absolute Gasteiger partial charge is 0.497 e. The van der Waals surface area contributed by atoms with Crippen LogP contribution in [0.15, 0.2) is 18.2 Å². The van der Waals surface area contributed by atoms with Gasteiger partial charge in [0.1, 0.15) is 5.75 Å². The third-order valence-electron chi connectivity index (χ3n) is 2.10. The van der Waals surface area contributed by atoms with Crippen LogP contribution in [0.4, 0.5) is 5.69 Å². The lowest BCUT2D eigenvalue weighted by Crippen LogP contribution is -2.13. The Bertz CT molecular complexity index is 326. The van der Waals surface area contributed by atoms with Gasteiger partial charge < -0.3 is 15.4 Å². The summed E-state index contributed by atoms with van der Waals surface area (Å²) < 4.78 is 5.08. The highest BCUT2D eigenvalue weighted by Gasteiger charge is 2.02. The molecule has 1 rings (SSSR count). The zero-order chi connectivity index (χ0) is 11.1. The number of carbonyl (C=O) groups is 1. The van der Waals surface area contributed by atoms with Crippen molar-refractivity contribution in [1.29, 1.82) is 0 Å². The highest BCUT2D eigenvalue weighted by Crippen LogP contribution is 2.21. The predicted molar refractivity (Wildman–Crippen MR) is 60.1 cm³/mol. The van der Waals surface area contributed by atoms with E-state index in [1.54, 1.807) is 13.2 Å². The lowest BCUT2D eigenvalue weighted by atomic mass is 10.1. The predicted octanol–water partition coefficient (Wildman–Crippen LogP) is 1.37. The average molecular weight is 208 g/mol. The Morgan fingerprint density at radius 3 is 2.87 bits per heavy atom. The third-order valence-corrected chi connectivity index (χ3v) is 2.10. The second-order valence-corrected chi connectivity index (χ2v) is 3.07. The van der Waals surface area contributed by atoms with Gasteiger partial charge in [0.05, 0.1) is 7.11 Å². The molecule has 1 aromatic carbocycles. The SMILES string of the molecule is CCNCc1ccc(OC)cc1NC=O. The molecule has 4 nitrogen and oxygen atoms in total. The van der Waals surface area contributed by atoms with E-state index in [2.05, 4.69) is 10.6 Å². The molecule has 0 unspecified atom stereocenters. The molecular weight excluding hydrogens is 192 g/mol. The molecule has 0 aliphatic heterocycles. The number of methoxy groups -OCH3 is 1. The van der Waals surface area contributed by atoms with Crippen LogP contribution in [0, 0.1) is 0 Å². The van der Waals surface area contributed by atoms with E-state index in [0.717, 1.165) is 30.1 Å². The molecule has 0 heterocycles. The lowest BCUT2D eigenvalue weighted by molar-refractivity contribution is -0.105. The standard InChI is InChI=1S/C11H16N2O2/c1-3-12-7-9-4-5-10(15-2)6-11(9)13-8-14/h4-6,8,12H,3,7H2,1-2H3,(H,13,14). The number of anilines is 1. The highest BCUT2D eigenvalue weighted by molar-refractivity contribution is 5.74. The van der Waals surface area contributed by atoms with Crippen molar-refractivity contribution in [1.82, 2.24) is 5.32 Å². The van der Waals surface area contributed by atoms with Crippen LogP contribution in [-0.4, -0.2) is 20.1 Å². The maximum atomic E-state index is 10.4. The second-order valence-electron chi connectivity index (χ2n) is 3.07. The van der Waals surface area contributed by atoms with Gasteiger partial charge in [-0.3, -0.25) is 4.79 Å². The van der Waals surface area contributed by atoms with E-state index < -0.39 is 0 Å². The summed E-state index contributed by atoms with van der Waals surface area (Å²) in [5.41, 5.74) is 1.83. The minimum absolute atomic E-state index is 0.671. The Labute approximate surface area is 89.6 Å². The first-order chi connectivity index (χ1) is 7.31. The van der Waals surface area contributed by atoms with Crippen LogP contribution < -0.4 is 15.4 Å². The lowest BCUT2D eigenvalue weighted by Gasteiger charge is -2.10. The molecule has 0 aliphatic carbocycles. The van der Waals surface area contributed by atoms with Gasteiger partial charge >= 0.3 is 0 Å². The van der Waals surface area contributed by atoms with Gasteiger partial charge in [-0.1, -0.05) is 13.0 Å². The fourth-order valence-electron chi connectivity index (χ4n) is 1.29. The van der Waals surface area contributed by atoms with Crippen molar-refractivity contribution in [2.45, 2.75) is 13.5 Å². The van der Waals surface area contributed by atoms with E-state index in [0.29, 0.717) is 6.41 Å². The summed E-state index contributed by atoms with van der Waals surface area (Å²) in [4.78, 5) is 10.4. The molecule has 0 spiro atoms. The van der Waals surface area contributed by atoms with Crippen LogP contribution in [0.1, 0.15) is 12.5 Å². The van der Waals surface area contributed by atoms with E-state index in [1.807, 2.05) is 19.1 Å². The molecule has 0 aromatic heterocycles. The van der Waals surface area contributed by atoms with Gasteiger partial charge in [-0.2, -0.15) is 0 Å². The van der Waals surface area contributed by atoms with E-state index in [-0.39, 0.29) is 0 Å². The Kier molecular flexibility index (Phi) is 4.63. The van der Waals surface area contributed by atoms with Crippen LogP contribution in [-0.2, 0) is 11.3 Å². The number of nitrogens with one attached hydrogen (secondary N) is 2. The van der Waals surface area contributed by atoms with Crippen molar-refractivity contribution < 1.29 is 9.53 Å². The molecule has 2 N–H and O–H groups in total. The molecule has 1 amide bonds. The van der Waals surface area contributed by atoms with Crippen molar-refractivity contribution >= 4 is 12.1 Å². The zero-order valence-electron chi connectivity index (χ0n) is 9.04. The molecule has 82 valence electrons. The van der Waals surface area contributed by atoms with Crippen LogP contribution in [0.25, 0.3) is 0 Å². The maximum absolute atomic E-state index is 10.4. The summed E-state index contributed by atoms with van der Waals surface area (Å²) in [7, 11) is 1.60. The molecule has 4 heteroatoms. The molecule has 0 atom stereocenters. The fraction of sp³-hybridized carbons (Fsp3) is 0.364. The van der Waals surface area contributed by atoms with Gasteiger partial charge in [-0.05, 0) is 18.2 Å². The Morgan fingerprint density at radius 1 is 1.47 bits per heavy atom. The molecule has 0 fully saturated rings. The van der Waals surface area contributed by atoms with Crippen molar-refractivity contribution in [2.75, 3.05) is 19.0 Å². The normalized spacial score (nSPS) is 9.73. The maximum Gasteiger partial charge on any atom is 0.211 e. The Hall–Kier alpha value is -1.55. The molecule has 0 aliphatic rings. The topological polar surface area (TPSA) is 50.4 Å². The van der Waals surface area contributed by atoms with Crippen LogP contribution in [0.3, 0.4) is 0 Å². The fourth-order valence-corrected chi connectivity index (χ4v) is 1.29. The molecule has 0 saturated heterocycles. The summed E-state index contributed by atoms with van der Waals surface area (Å²) >= 11 is 0. The number of hydrogen-bond donors (Lipinski definition) is 2. The first-order valence-electron chi connectivity index (χ1n) is 4.89. The molecule has 0 bridgehead atoms. The van der Waals surface area contributed by atoms with Gasteiger partial charge in [0.15, 0.2) is 0 Å². The van der Waals surface area contributed by atoms with Crippen molar-refractivity contribution in [2.24, 2.45) is 0 Å². The Balaban J connectivity index is 2.87. The second kappa shape index (κ2) is 6.03. The van der Waals surface area contributed by atoms with Gasteiger partial charge in [0, 0.05) is 18.3 Å². The van der Waals surface area contributed by atoms with Crippen LogP contribution in [0.2, 0.25) is 0 Å². The summed E-state index contributed by atoms with van der Waals surface area (Å²) in [5, 5.41) is 5.86. The molecule has 1 aromatic rings. The number of benzene rings is 1. The molecule has 15 heavy (non-hydrogen) atoms. The van der Waals surface area contributed by atoms with E-state index in [1.165, 1.54) is 0 Å². The molecule has 0 radical (unpaired) electrons. The Morgan fingerprint density at radius 2 is 2.27 bits per heavy atom. The highest BCUT2D eigenvalue weighted by atomic mass is 16.5. The van der Waals surface area contributed by atoms with E-state index in [9.17, 15) is 4.79 Å². The number of hydrogen-bond acceptors (Lipinski definition) is 3.